The summed E-state index contributed by atoms with van der Waals surface area (Å²) in [5.41, 5.74) is 3.23. The molecule has 0 fully saturated rings. The molecule has 0 amide bonds. The van der Waals surface area contributed by atoms with Gasteiger partial charge in [-0.15, -0.1) is 0 Å². The van der Waals surface area contributed by atoms with Crippen molar-refractivity contribution in [2.24, 2.45) is 5.92 Å². The van der Waals surface area contributed by atoms with Gasteiger partial charge in [0.2, 0.25) is 0 Å². The third-order valence-electron chi connectivity index (χ3n) is 2.44. The van der Waals surface area contributed by atoms with E-state index in [1.807, 2.05) is 6.07 Å². The first-order valence-electron chi connectivity index (χ1n) is 5.57. The second-order valence-corrected chi connectivity index (χ2v) is 4.36. The van der Waals surface area contributed by atoms with E-state index in [-0.39, 0.29) is 0 Å². The van der Waals surface area contributed by atoms with Gasteiger partial charge in [-0.05, 0) is 30.0 Å². The minimum absolute atomic E-state index is 0.681. The average molecular weight is 203 g/mol. The summed E-state index contributed by atoms with van der Waals surface area (Å²) in [6, 6.07) is 6.30. The minimum atomic E-state index is 0.681. The van der Waals surface area contributed by atoms with Crippen molar-refractivity contribution in [3.05, 3.63) is 29.7 Å². The monoisotopic (exact) mass is 203 g/mol. The molecule has 1 aromatic heterocycles. The van der Waals surface area contributed by atoms with Gasteiger partial charge in [-0.3, -0.25) is 0 Å². The number of hydrogen-bond acceptors (Lipinski definition) is 2. The third-order valence-corrected chi connectivity index (χ3v) is 2.44. The van der Waals surface area contributed by atoms with Gasteiger partial charge in [0.15, 0.2) is 11.5 Å². The molecule has 2 aromatic rings. The smallest absolute Gasteiger partial charge is 0.195 e. The molecule has 2 nitrogen and oxygen atoms in total. The maximum Gasteiger partial charge on any atom is 0.195 e. The molecule has 80 valence electrons. The van der Waals surface area contributed by atoms with Crippen molar-refractivity contribution in [1.82, 2.24) is 4.98 Å². The van der Waals surface area contributed by atoms with Crippen LogP contribution in [0.15, 0.2) is 22.6 Å². The molecule has 2 rings (SSSR count). The number of nitrogens with zero attached hydrogens (tertiary/aromatic N) is 1. The molecule has 0 saturated heterocycles. The molecule has 0 radical (unpaired) electrons. The number of oxazole rings is 1. The number of rotatable bonds is 3. The van der Waals surface area contributed by atoms with E-state index in [2.05, 4.69) is 37.9 Å². The van der Waals surface area contributed by atoms with Crippen LogP contribution in [0.1, 0.15) is 32.2 Å². The zero-order valence-electron chi connectivity index (χ0n) is 9.58. The summed E-state index contributed by atoms with van der Waals surface area (Å²) in [4.78, 5) is 4.43. The molecule has 0 bridgehead atoms. The van der Waals surface area contributed by atoms with Gasteiger partial charge >= 0.3 is 0 Å². The molecular formula is C13H17NO. The Labute approximate surface area is 90.3 Å². The van der Waals surface area contributed by atoms with Gasteiger partial charge in [-0.25, -0.2) is 4.98 Å². The van der Waals surface area contributed by atoms with Crippen LogP contribution >= 0.6 is 0 Å². The Kier molecular flexibility index (Phi) is 2.76. The first-order valence-corrected chi connectivity index (χ1v) is 5.57. The zero-order chi connectivity index (χ0) is 10.8. The maximum atomic E-state index is 5.57. The van der Waals surface area contributed by atoms with E-state index in [1.165, 1.54) is 5.56 Å². The van der Waals surface area contributed by atoms with Crippen LogP contribution in [-0.4, -0.2) is 4.98 Å². The first kappa shape index (κ1) is 10.2. The zero-order valence-corrected chi connectivity index (χ0v) is 9.58. The third kappa shape index (κ3) is 2.20. The number of aryl methyl sites for hydroxylation is 1. The summed E-state index contributed by atoms with van der Waals surface area (Å²) >= 11 is 0. The number of aromatic nitrogens is 1. The van der Waals surface area contributed by atoms with Crippen LogP contribution in [0.5, 0.6) is 0 Å². The first-order chi connectivity index (χ1) is 7.19. The largest absolute Gasteiger partial charge is 0.441 e. The molecule has 1 heterocycles. The average Bonchev–Trinajstić information content (AvgIpc) is 2.58. The molecule has 0 unspecified atom stereocenters. The van der Waals surface area contributed by atoms with Gasteiger partial charge in [-0.2, -0.15) is 0 Å². The van der Waals surface area contributed by atoms with E-state index in [0.29, 0.717) is 5.92 Å². The highest BCUT2D eigenvalue weighted by molar-refractivity contribution is 5.73. The van der Waals surface area contributed by atoms with E-state index in [1.54, 1.807) is 0 Å². The van der Waals surface area contributed by atoms with Crippen molar-refractivity contribution in [3.8, 4) is 0 Å². The number of hydrogen-bond donors (Lipinski definition) is 0. The minimum Gasteiger partial charge on any atom is -0.441 e. The Bertz CT molecular complexity index is 457. The van der Waals surface area contributed by atoms with Crippen LogP contribution in [0, 0.1) is 5.92 Å². The maximum absolute atomic E-state index is 5.57. The predicted molar refractivity (Wildman–Crippen MR) is 61.9 cm³/mol. The summed E-state index contributed by atoms with van der Waals surface area (Å²) in [6.45, 7) is 6.51. The highest BCUT2D eigenvalue weighted by Gasteiger charge is 2.05. The lowest BCUT2D eigenvalue weighted by Gasteiger charge is -2.03. The van der Waals surface area contributed by atoms with Gasteiger partial charge in [0, 0.05) is 6.42 Å². The quantitative estimate of drug-likeness (QED) is 0.762. The fourth-order valence-corrected chi connectivity index (χ4v) is 1.77. The van der Waals surface area contributed by atoms with Gasteiger partial charge < -0.3 is 4.42 Å². The molecule has 0 atom stereocenters. The summed E-state index contributed by atoms with van der Waals surface area (Å²) < 4.78 is 5.57. The van der Waals surface area contributed by atoms with Crippen LogP contribution in [0.2, 0.25) is 0 Å². The summed E-state index contributed by atoms with van der Waals surface area (Å²) in [5.74, 6) is 1.51. The van der Waals surface area contributed by atoms with E-state index < -0.39 is 0 Å². The van der Waals surface area contributed by atoms with Crippen molar-refractivity contribution in [2.75, 3.05) is 0 Å². The Morgan fingerprint density at radius 2 is 2.13 bits per heavy atom. The Balaban J connectivity index is 2.37. The summed E-state index contributed by atoms with van der Waals surface area (Å²) in [7, 11) is 0. The highest BCUT2D eigenvalue weighted by Crippen LogP contribution is 2.19. The van der Waals surface area contributed by atoms with Crippen molar-refractivity contribution < 1.29 is 4.42 Å². The van der Waals surface area contributed by atoms with Gasteiger partial charge in [0.05, 0.1) is 0 Å². The molecule has 0 saturated carbocycles. The van der Waals surface area contributed by atoms with Crippen molar-refractivity contribution in [3.63, 3.8) is 0 Å². The van der Waals surface area contributed by atoms with Crippen molar-refractivity contribution in [1.29, 1.82) is 0 Å². The van der Waals surface area contributed by atoms with Crippen molar-refractivity contribution >= 4 is 11.1 Å². The molecule has 15 heavy (non-hydrogen) atoms. The van der Waals surface area contributed by atoms with Gasteiger partial charge in [0.25, 0.3) is 0 Å². The summed E-state index contributed by atoms with van der Waals surface area (Å²) in [5, 5.41) is 0. The van der Waals surface area contributed by atoms with Gasteiger partial charge in [0.1, 0.15) is 5.52 Å². The van der Waals surface area contributed by atoms with Crippen LogP contribution in [0.4, 0.5) is 0 Å². The van der Waals surface area contributed by atoms with Crippen LogP contribution in [0.3, 0.4) is 0 Å². The SMILES string of the molecule is CCc1nc2cc(CC(C)C)ccc2o1. The van der Waals surface area contributed by atoms with E-state index in [0.717, 1.165) is 29.8 Å². The molecule has 2 heteroatoms. The molecule has 0 aliphatic heterocycles. The standard InChI is InChI=1S/C13H17NO/c1-4-13-14-11-8-10(7-9(2)3)5-6-12(11)15-13/h5-6,8-9H,4,7H2,1-3H3. The lowest BCUT2D eigenvalue weighted by molar-refractivity contribution is 0.538. The fraction of sp³-hybridized carbons (Fsp3) is 0.462. The van der Waals surface area contributed by atoms with E-state index in [9.17, 15) is 0 Å². The van der Waals surface area contributed by atoms with Crippen molar-refractivity contribution in [2.45, 2.75) is 33.6 Å². The molecular weight excluding hydrogens is 186 g/mol. The second-order valence-electron chi connectivity index (χ2n) is 4.36. The van der Waals surface area contributed by atoms with Crippen LogP contribution in [-0.2, 0) is 12.8 Å². The summed E-state index contributed by atoms with van der Waals surface area (Å²) in [6.07, 6.45) is 1.96. The molecule has 0 aliphatic rings. The van der Waals surface area contributed by atoms with E-state index in [4.69, 9.17) is 4.42 Å². The molecule has 0 N–H and O–H groups in total. The lowest BCUT2D eigenvalue weighted by atomic mass is 10.0. The lowest BCUT2D eigenvalue weighted by Crippen LogP contribution is -1.93. The molecule has 1 aromatic carbocycles. The highest BCUT2D eigenvalue weighted by atomic mass is 16.3. The van der Waals surface area contributed by atoms with E-state index >= 15 is 0 Å². The molecule has 0 spiro atoms. The van der Waals surface area contributed by atoms with Gasteiger partial charge in [-0.1, -0.05) is 26.8 Å². The fourth-order valence-electron chi connectivity index (χ4n) is 1.77. The normalized spacial score (nSPS) is 11.5. The number of fused-ring (bicyclic) bond motifs is 1. The number of benzene rings is 1. The Morgan fingerprint density at radius 1 is 1.33 bits per heavy atom. The topological polar surface area (TPSA) is 26.0 Å². The second kappa shape index (κ2) is 4.05. The Hall–Kier alpha value is -1.31. The molecule has 0 aliphatic carbocycles. The van der Waals surface area contributed by atoms with Crippen LogP contribution < -0.4 is 0 Å². The predicted octanol–water partition coefficient (Wildman–Crippen LogP) is 3.59. The Morgan fingerprint density at radius 3 is 2.80 bits per heavy atom. The van der Waals surface area contributed by atoms with Crippen LogP contribution in [0.25, 0.3) is 11.1 Å².